The minimum absolute atomic E-state index is 0.238. The molecule has 0 aliphatic heterocycles. The number of hydrogen-bond donors (Lipinski definition) is 0. The highest BCUT2D eigenvalue weighted by molar-refractivity contribution is 7.18. The average Bonchev–Trinajstić information content (AvgIpc) is 3.28. The van der Waals surface area contributed by atoms with Gasteiger partial charge in [-0.1, -0.05) is 42.5 Å². The zero-order chi connectivity index (χ0) is 18.4. The zero-order valence-corrected chi connectivity index (χ0v) is 15.3. The summed E-state index contributed by atoms with van der Waals surface area (Å²) < 4.78 is 3.48. The number of hydrogen-bond acceptors (Lipinski definition) is 3. The molecular formula is C22H16N2O2S. The molecule has 0 spiro atoms. The second-order valence-electron chi connectivity index (χ2n) is 6.60. The maximum absolute atomic E-state index is 11.5. The predicted octanol–water partition coefficient (Wildman–Crippen LogP) is 6.18. The topological polar surface area (TPSA) is 48.1 Å². The van der Waals surface area contributed by atoms with Gasteiger partial charge in [0.25, 0.3) is 5.70 Å². The maximum Gasteiger partial charge on any atom is 0.254 e. The number of rotatable bonds is 3. The van der Waals surface area contributed by atoms with Gasteiger partial charge in [0, 0.05) is 17.5 Å². The molecule has 0 N–H and O–H groups in total. The van der Waals surface area contributed by atoms with Gasteiger partial charge in [-0.2, -0.15) is 0 Å². The van der Waals surface area contributed by atoms with Crippen LogP contribution < -0.4 is 0 Å². The molecule has 5 rings (SSSR count). The zero-order valence-electron chi connectivity index (χ0n) is 14.5. The number of nitrogens with zero attached hydrogens (tertiary/aromatic N) is 2. The summed E-state index contributed by atoms with van der Waals surface area (Å²) in [7, 11) is 0. The van der Waals surface area contributed by atoms with Crippen molar-refractivity contribution >= 4 is 38.0 Å². The minimum Gasteiger partial charge on any atom is -0.308 e. The molecule has 4 aromatic rings. The van der Waals surface area contributed by atoms with Crippen LogP contribution in [0.5, 0.6) is 0 Å². The van der Waals surface area contributed by atoms with E-state index in [0.717, 1.165) is 28.8 Å². The van der Waals surface area contributed by atoms with E-state index in [1.807, 2.05) is 36.4 Å². The summed E-state index contributed by atoms with van der Waals surface area (Å²) in [4.78, 5) is 11.3. The molecular weight excluding hydrogens is 356 g/mol. The van der Waals surface area contributed by atoms with Crippen LogP contribution in [0.25, 0.3) is 32.4 Å². The molecule has 27 heavy (non-hydrogen) atoms. The second-order valence-corrected chi connectivity index (χ2v) is 7.51. The first-order valence-corrected chi connectivity index (χ1v) is 9.73. The third-order valence-electron chi connectivity index (χ3n) is 5.06. The Morgan fingerprint density at radius 1 is 1.04 bits per heavy atom. The van der Waals surface area contributed by atoms with Crippen molar-refractivity contribution < 1.29 is 4.92 Å². The third kappa shape index (κ3) is 2.51. The number of thiophene rings is 1. The lowest BCUT2D eigenvalue weighted by molar-refractivity contribution is -0.426. The van der Waals surface area contributed by atoms with Gasteiger partial charge in [-0.05, 0) is 41.6 Å². The summed E-state index contributed by atoms with van der Waals surface area (Å²) >= 11 is 1.72. The van der Waals surface area contributed by atoms with E-state index in [0.29, 0.717) is 12.1 Å². The molecule has 0 bridgehead atoms. The molecule has 1 aliphatic rings. The number of benzene rings is 2. The van der Waals surface area contributed by atoms with Crippen molar-refractivity contribution in [1.29, 1.82) is 0 Å². The van der Waals surface area contributed by atoms with Gasteiger partial charge in [-0.25, -0.2) is 0 Å². The quantitative estimate of drug-likeness (QED) is 0.318. The lowest BCUT2D eigenvalue weighted by Gasteiger charge is -2.11. The molecule has 0 radical (unpaired) electrons. The van der Waals surface area contributed by atoms with Crippen LogP contribution in [0.2, 0.25) is 0 Å². The van der Waals surface area contributed by atoms with Crippen molar-refractivity contribution in [1.82, 2.24) is 4.57 Å². The Hall–Kier alpha value is -3.18. The smallest absolute Gasteiger partial charge is 0.254 e. The van der Waals surface area contributed by atoms with Crippen LogP contribution in [-0.2, 0) is 0 Å². The van der Waals surface area contributed by atoms with E-state index in [1.54, 1.807) is 11.3 Å². The number of nitro groups is 1. The lowest BCUT2D eigenvalue weighted by Crippen LogP contribution is -2.05. The third-order valence-corrected chi connectivity index (χ3v) is 5.99. The molecule has 0 amide bonds. The van der Waals surface area contributed by atoms with Crippen LogP contribution in [0, 0.1) is 10.1 Å². The molecule has 2 heterocycles. The minimum atomic E-state index is -0.238. The summed E-state index contributed by atoms with van der Waals surface area (Å²) in [5.41, 5.74) is 5.26. The first-order chi connectivity index (χ1) is 13.2. The Labute approximate surface area is 159 Å². The van der Waals surface area contributed by atoms with Crippen LogP contribution in [0.1, 0.15) is 18.4 Å². The lowest BCUT2D eigenvalue weighted by atomic mass is 9.96. The van der Waals surface area contributed by atoms with Crippen molar-refractivity contribution in [2.75, 3.05) is 0 Å². The largest absolute Gasteiger partial charge is 0.308 e. The van der Waals surface area contributed by atoms with E-state index in [1.165, 1.54) is 15.6 Å². The molecule has 4 nitrogen and oxygen atoms in total. The van der Waals surface area contributed by atoms with Crippen molar-refractivity contribution in [3.05, 3.63) is 93.5 Å². The number of allylic oxidation sites excluding steroid dienone is 4. The number of fused-ring (bicyclic) bond motifs is 3. The molecule has 2 aromatic carbocycles. The normalized spacial score (nSPS) is 14.4. The van der Waals surface area contributed by atoms with E-state index in [-0.39, 0.29) is 4.92 Å². The maximum atomic E-state index is 11.5. The summed E-state index contributed by atoms with van der Waals surface area (Å²) in [6.07, 6.45) is 5.10. The highest BCUT2D eigenvalue weighted by Crippen LogP contribution is 2.38. The van der Waals surface area contributed by atoms with Gasteiger partial charge in [0.1, 0.15) is 0 Å². The van der Waals surface area contributed by atoms with Gasteiger partial charge >= 0.3 is 0 Å². The van der Waals surface area contributed by atoms with Crippen LogP contribution in [-0.4, -0.2) is 9.49 Å². The Balaban J connectivity index is 1.82. The highest BCUT2D eigenvalue weighted by atomic mass is 32.1. The van der Waals surface area contributed by atoms with E-state index >= 15 is 0 Å². The van der Waals surface area contributed by atoms with E-state index in [4.69, 9.17) is 0 Å². The van der Waals surface area contributed by atoms with Crippen LogP contribution in [0.3, 0.4) is 0 Å². The van der Waals surface area contributed by atoms with Crippen LogP contribution >= 0.6 is 11.3 Å². The molecule has 5 heteroatoms. The monoisotopic (exact) mass is 372 g/mol. The summed E-state index contributed by atoms with van der Waals surface area (Å²) in [6, 6.07) is 18.6. The molecule has 2 aromatic heterocycles. The van der Waals surface area contributed by atoms with Crippen LogP contribution in [0.15, 0.2) is 77.8 Å². The van der Waals surface area contributed by atoms with Gasteiger partial charge in [0.15, 0.2) is 0 Å². The van der Waals surface area contributed by atoms with Gasteiger partial charge in [-0.3, -0.25) is 10.1 Å². The SMILES string of the molecule is O=[N+]([O-])C1=C(c2ccc3c4sccc4n(-c4ccccc4)c3c2)C=CCC1. The Bertz CT molecular complexity index is 1250. The number of aromatic nitrogens is 1. The molecule has 0 saturated carbocycles. The first-order valence-electron chi connectivity index (χ1n) is 8.85. The number of para-hydroxylation sites is 1. The Kier molecular flexibility index (Phi) is 3.69. The predicted molar refractivity (Wildman–Crippen MR) is 111 cm³/mol. The Morgan fingerprint density at radius 3 is 2.70 bits per heavy atom. The standard InChI is InChI=1S/C22H16N2O2S/c25-24(26)19-9-5-4-8-17(19)15-10-11-18-21(14-15)23(16-6-2-1-3-7-16)20-12-13-27-22(18)20/h1-4,6-8,10-14H,5,9H2. The van der Waals surface area contributed by atoms with Gasteiger partial charge in [0.2, 0.25) is 0 Å². The molecule has 0 unspecified atom stereocenters. The summed E-state index contributed by atoms with van der Waals surface area (Å²) in [5.74, 6) is 0. The molecule has 1 aliphatic carbocycles. The van der Waals surface area contributed by atoms with E-state index < -0.39 is 0 Å². The van der Waals surface area contributed by atoms with Crippen molar-refractivity contribution in [2.45, 2.75) is 12.8 Å². The fourth-order valence-corrected chi connectivity index (χ4v) is 4.76. The second kappa shape index (κ2) is 6.21. The van der Waals surface area contributed by atoms with Gasteiger partial charge in [-0.15, -0.1) is 11.3 Å². The summed E-state index contributed by atoms with van der Waals surface area (Å²) in [5, 5.41) is 14.8. The van der Waals surface area contributed by atoms with Crippen molar-refractivity contribution in [2.24, 2.45) is 0 Å². The summed E-state index contributed by atoms with van der Waals surface area (Å²) in [6.45, 7) is 0. The molecule has 0 saturated heterocycles. The van der Waals surface area contributed by atoms with Crippen molar-refractivity contribution in [3.8, 4) is 5.69 Å². The van der Waals surface area contributed by atoms with E-state index in [9.17, 15) is 10.1 Å². The average molecular weight is 372 g/mol. The van der Waals surface area contributed by atoms with Crippen molar-refractivity contribution in [3.63, 3.8) is 0 Å². The van der Waals surface area contributed by atoms with Gasteiger partial charge in [0.05, 0.1) is 26.2 Å². The molecule has 0 fully saturated rings. The fourth-order valence-electron chi connectivity index (χ4n) is 3.85. The molecule has 132 valence electrons. The van der Waals surface area contributed by atoms with E-state index in [2.05, 4.69) is 40.3 Å². The first kappa shape index (κ1) is 16.0. The molecule has 0 atom stereocenters. The highest BCUT2D eigenvalue weighted by Gasteiger charge is 2.22. The van der Waals surface area contributed by atoms with Gasteiger partial charge < -0.3 is 4.57 Å². The Morgan fingerprint density at radius 2 is 1.89 bits per heavy atom. The van der Waals surface area contributed by atoms with Crippen LogP contribution in [0.4, 0.5) is 0 Å². The fraction of sp³-hybridized carbons (Fsp3) is 0.0909.